The lowest BCUT2D eigenvalue weighted by molar-refractivity contribution is -0.115. The normalized spacial score (nSPS) is 10.4. The molecule has 1 heterocycles. The van der Waals surface area contributed by atoms with Crippen molar-refractivity contribution in [2.45, 2.75) is 20.3 Å². The summed E-state index contributed by atoms with van der Waals surface area (Å²) in [4.78, 5) is 28.7. The van der Waals surface area contributed by atoms with Crippen molar-refractivity contribution >= 4 is 51.4 Å². The Kier molecular flexibility index (Phi) is 6.28. The number of halogens is 1. The summed E-state index contributed by atoms with van der Waals surface area (Å²) in [5, 5.41) is 11.0. The van der Waals surface area contributed by atoms with E-state index in [0.29, 0.717) is 21.5 Å². The Balaban J connectivity index is 1.55. The lowest BCUT2D eigenvalue weighted by atomic mass is 10.1. The minimum atomic E-state index is -0.414. The number of nitrogens with zero attached hydrogens (tertiary/aromatic N) is 1. The van der Waals surface area contributed by atoms with Gasteiger partial charge in [0.2, 0.25) is 5.91 Å². The van der Waals surface area contributed by atoms with Crippen LogP contribution in [0.2, 0.25) is 5.02 Å². The molecular weight excluding hydrogens is 396 g/mol. The summed E-state index contributed by atoms with van der Waals surface area (Å²) < 4.78 is 0. The first-order valence-corrected chi connectivity index (χ1v) is 9.80. The van der Waals surface area contributed by atoms with E-state index in [0.717, 1.165) is 16.8 Å². The molecule has 0 atom stereocenters. The van der Waals surface area contributed by atoms with Crippen molar-refractivity contribution in [3.8, 4) is 0 Å². The third-order valence-electron chi connectivity index (χ3n) is 3.96. The van der Waals surface area contributed by atoms with Crippen LogP contribution in [0.3, 0.4) is 0 Å². The average molecular weight is 415 g/mol. The van der Waals surface area contributed by atoms with E-state index in [4.69, 9.17) is 11.6 Å². The molecule has 0 saturated carbocycles. The number of hydrogen-bond donors (Lipinski definition) is 3. The fourth-order valence-electron chi connectivity index (χ4n) is 2.60. The summed E-state index contributed by atoms with van der Waals surface area (Å²) in [5.74, 6) is -0.153. The van der Waals surface area contributed by atoms with Crippen molar-refractivity contribution in [2.75, 3.05) is 16.0 Å². The molecule has 3 aromatic rings. The number of para-hydroxylation sites is 1. The number of carbonyl (C=O) groups excluding carboxylic acids is 2. The summed E-state index contributed by atoms with van der Waals surface area (Å²) >= 11 is 7.08. The monoisotopic (exact) mass is 414 g/mol. The lowest BCUT2D eigenvalue weighted by Gasteiger charge is -2.10. The molecule has 6 nitrogen and oxygen atoms in total. The van der Waals surface area contributed by atoms with Crippen LogP contribution in [0.5, 0.6) is 0 Å². The van der Waals surface area contributed by atoms with Crippen LogP contribution in [0.1, 0.15) is 16.8 Å². The number of amides is 3. The van der Waals surface area contributed by atoms with Gasteiger partial charge in [0, 0.05) is 21.8 Å². The maximum atomic E-state index is 12.3. The largest absolute Gasteiger partial charge is 0.325 e. The van der Waals surface area contributed by atoms with E-state index in [2.05, 4.69) is 20.9 Å². The summed E-state index contributed by atoms with van der Waals surface area (Å²) in [6.45, 7) is 3.90. The second-order valence-electron chi connectivity index (χ2n) is 6.22. The van der Waals surface area contributed by atoms with E-state index in [-0.39, 0.29) is 12.3 Å². The Morgan fingerprint density at radius 3 is 2.36 bits per heavy atom. The Hall–Kier alpha value is -2.90. The van der Waals surface area contributed by atoms with Gasteiger partial charge in [-0.3, -0.25) is 10.1 Å². The number of benzene rings is 2. The van der Waals surface area contributed by atoms with Crippen LogP contribution in [0.4, 0.5) is 21.3 Å². The average Bonchev–Trinajstić information content (AvgIpc) is 3.07. The first-order chi connectivity index (χ1) is 13.4. The van der Waals surface area contributed by atoms with Gasteiger partial charge in [-0.05, 0) is 49.2 Å². The van der Waals surface area contributed by atoms with Gasteiger partial charge in [-0.25, -0.2) is 9.78 Å². The topological polar surface area (TPSA) is 83.1 Å². The van der Waals surface area contributed by atoms with Crippen LogP contribution in [-0.4, -0.2) is 16.9 Å². The number of thiazole rings is 1. The second kappa shape index (κ2) is 8.86. The van der Waals surface area contributed by atoms with Gasteiger partial charge in [0.15, 0.2) is 5.13 Å². The number of aromatic nitrogens is 1. The molecule has 1 aromatic heterocycles. The van der Waals surface area contributed by atoms with Gasteiger partial charge in [0.05, 0.1) is 12.1 Å². The number of anilines is 3. The van der Waals surface area contributed by atoms with Crippen LogP contribution in [0.25, 0.3) is 0 Å². The van der Waals surface area contributed by atoms with Gasteiger partial charge in [-0.15, -0.1) is 11.3 Å². The van der Waals surface area contributed by atoms with E-state index in [9.17, 15) is 9.59 Å². The van der Waals surface area contributed by atoms with E-state index in [1.165, 1.54) is 11.3 Å². The Morgan fingerprint density at radius 1 is 1.00 bits per heavy atom. The molecule has 0 spiro atoms. The van der Waals surface area contributed by atoms with Crippen LogP contribution in [0.15, 0.2) is 47.8 Å². The van der Waals surface area contributed by atoms with Crippen LogP contribution >= 0.6 is 22.9 Å². The molecule has 0 aliphatic carbocycles. The highest BCUT2D eigenvalue weighted by Crippen LogP contribution is 2.21. The molecule has 0 bridgehead atoms. The summed E-state index contributed by atoms with van der Waals surface area (Å²) in [6, 6.07) is 12.2. The molecule has 0 saturated heterocycles. The van der Waals surface area contributed by atoms with Gasteiger partial charge in [0.1, 0.15) is 0 Å². The summed E-state index contributed by atoms with van der Waals surface area (Å²) in [6.07, 6.45) is 0.130. The molecular formula is C20H19ClN4O2S. The fraction of sp³-hybridized carbons (Fsp3) is 0.150. The van der Waals surface area contributed by atoms with E-state index in [1.54, 1.807) is 29.6 Å². The minimum Gasteiger partial charge on any atom is -0.325 e. The highest BCUT2D eigenvalue weighted by atomic mass is 35.5. The maximum absolute atomic E-state index is 12.3. The standard InChI is InChI=1S/C20H19ClN4O2S/c1-12-4-3-5-13(2)18(12)24-17(26)10-16-11-28-20(23-16)25-19(27)22-15-8-6-14(21)7-9-15/h3-9,11H,10H2,1-2H3,(H,24,26)(H2,22,23,25,27). The third-order valence-corrected chi connectivity index (χ3v) is 5.02. The highest BCUT2D eigenvalue weighted by Gasteiger charge is 2.12. The van der Waals surface area contributed by atoms with Crippen molar-refractivity contribution in [2.24, 2.45) is 0 Å². The molecule has 3 N–H and O–H groups in total. The zero-order chi connectivity index (χ0) is 20.1. The minimum absolute atomic E-state index is 0.130. The molecule has 8 heteroatoms. The van der Waals surface area contributed by atoms with Crippen LogP contribution in [0, 0.1) is 13.8 Å². The van der Waals surface area contributed by atoms with Gasteiger partial charge in [-0.2, -0.15) is 0 Å². The second-order valence-corrected chi connectivity index (χ2v) is 7.52. The molecule has 0 unspecified atom stereocenters. The number of urea groups is 1. The van der Waals surface area contributed by atoms with Crippen molar-refractivity contribution in [1.29, 1.82) is 0 Å². The molecule has 0 aliphatic heterocycles. The van der Waals surface area contributed by atoms with Crippen molar-refractivity contribution in [3.63, 3.8) is 0 Å². The summed E-state index contributed by atoms with van der Waals surface area (Å²) in [7, 11) is 0. The quantitative estimate of drug-likeness (QED) is 0.534. The Bertz CT molecular complexity index is 981. The van der Waals surface area contributed by atoms with Crippen molar-refractivity contribution < 1.29 is 9.59 Å². The van der Waals surface area contributed by atoms with Crippen LogP contribution in [-0.2, 0) is 11.2 Å². The number of carbonyl (C=O) groups is 2. The molecule has 144 valence electrons. The smallest absolute Gasteiger partial charge is 0.325 e. The van der Waals surface area contributed by atoms with E-state index >= 15 is 0 Å². The Morgan fingerprint density at radius 2 is 1.68 bits per heavy atom. The molecule has 28 heavy (non-hydrogen) atoms. The first kappa shape index (κ1) is 19.9. The molecule has 3 amide bonds. The number of rotatable bonds is 5. The first-order valence-electron chi connectivity index (χ1n) is 8.55. The predicted molar refractivity (Wildman–Crippen MR) is 114 cm³/mol. The van der Waals surface area contributed by atoms with E-state index in [1.807, 2.05) is 32.0 Å². The molecule has 2 aromatic carbocycles. The van der Waals surface area contributed by atoms with Crippen molar-refractivity contribution in [1.82, 2.24) is 4.98 Å². The lowest BCUT2D eigenvalue weighted by Crippen LogP contribution is -2.19. The fourth-order valence-corrected chi connectivity index (χ4v) is 3.43. The maximum Gasteiger partial charge on any atom is 0.325 e. The highest BCUT2D eigenvalue weighted by molar-refractivity contribution is 7.14. The third kappa shape index (κ3) is 5.31. The predicted octanol–water partition coefficient (Wildman–Crippen LogP) is 5.24. The molecule has 0 fully saturated rings. The molecule has 0 radical (unpaired) electrons. The number of hydrogen-bond acceptors (Lipinski definition) is 4. The van der Waals surface area contributed by atoms with Gasteiger partial charge in [0.25, 0.3) is 0 Å². The zero-order valence-electron chi connectivity index (χ0n) is 15.4. The Labute approximate surface area is 172 Å². The van der Waals surface area contributed by atoms with Crippen LogP contribution < -0.4 is 16.0 Å². The van der Waals surface area contributed by atoms with E-state index < -0.39 is 6.03 Å². The summed E-state index contributed by atoms with van der Waals surface area (Å²) in [5.41, 5.74) is 4.05. The molecule has 0 aliphatic rings. The van der Waals surface area contributed by atoms with Gasteiger partial charge >= 0.3 is 6.03 Å². The number of nitrogens with one attached hydrogen (secondary N) is 3. The SMILES string of the molecule is Cc1cccc(C)c1NC(=O)Cc1csc(NC(=O)Nc2ccc(Cl)cc2)n1. The zero-order valence-corrected chi connectivity index (χ0v) is 16.9. The van der Waals surface area contributed by atoms with Crippen molar-refractivity contribution in [3.05, 3.63) is 69.7 Å². The van der Waals surface area contributed by atoms with Gasteiger partial charge < -0.3 is 10.6 Å². The molecule has 3 rings (SSSR count). The van der Waals surface area contributed by atoms with Gasteiger partial charge in [-0.1, -0.05) is 29.8 Å². The number of aryl methyl sites for hydroxylation is 2.